The van der Waals surface area contributed by atoms with Gasteiger partial charge in [-0.25, -0.2) is 17.6 Å². The second-order valence-corrected chi connectivity index (χ2v) is 4.07. The summed E-state index contributed by atoms with van der Waals surface area (Å²) < 4.78 is 52.3. The Kier molecular flexibility index (Phi) is 3.57. The Balaban J connectivity index is 2.69. The highest BCUT2D eigenvalue weighted by Crippen LogP contribution is 2.35. The molecule has 0 bridgehead atoms. The van der Waals surface area contributed by atoms with Crippen molar-refractivity contribution in [3.05, 3.63) is 58.6 Å². The monoisotopic (exact) mass is 274 g/mol. The van der Waals surface area contributed by atoms with Crippen LogP contribution in [0.3, 0.4) is 0 Å². The average molecular weight is 275 g/mol. The fourth-order valence-corrected chi connectivity index (χ4v) is 1.84. The van der Waals surface area contributed by atoms with Gasteiger partial charge in [0.1, 0.15) is 0 Å². The first-order valence-corrected chi connectivity index (χ1v) is 5.40. The van der Waals surface area contributed by atoms with Crippen LogP contribution in [0, 0.1) is 11.6 Å². The van der Waals surface area contributed by atoms with E-state index < -0.39 is 18.1 Å². The molecule has 0 saturated heterocycles. The molecule has 0 aromatic heterocycles. The van der Waals surface area contributed by atoms with E-state index in [2.05, 4.69) is 0 Å². The lowest BCUT2D eigenvalue weighted by atomic mass is 9.99. The molecule has 2 rings (SSSR count). The van der Waals surface area contributed by atoms with E-state index in [1.807, 2.05) is 0 Å². The largest absolute Gasteiger partial charge is 0.264 e. The first-order valence-electron chi connectivity index (χ1n) is 5.02. The molecule has 0 N–H and O–H groups in total. The molecule has 94 valence electrons. The molecule has 0 saturated carbocycles. The lowest BCUT2D eigenvalue weighted by Gasteiger charge is -2.10. The molecule has 5 heteroatoms. The van der Waals surface area contributed by atoms with Crippen molar-refractivity contribution in [2.24, 2.45) is 0 Å². The van der Waals surface area contributed by atoms with Crippen LogP contribution in [0.4, 0.5) is 17.6 Å². The van der Waals surface area contributed by atoms with Gasteiger partial charge >= 0.3 is 0 Å². The zero-order chi connectivity index (χ0) is 13.3. The molecule has 0 nitrogen and oxygen atoms in total. The maximum absolute atomic E-state index is 13.6. The van der Waals surface area contributed by atoms with Gasteiger partial charge in [-0.15, -0.1) is 0 Å². The second kappa shape index (κ2) is 4.98. The van der Waals surface area contributed by atoms with Gasteiger partial charge in [0.25, 0.3) is 6.43 Å². The van der Waals surface area contributed by atoms with Crippen LogP contribution in [0.25, 0.3) is 11.1 Å². The van der Waals surface area contributed by atoms with E-state index in [0.29, 0.717) is 0 Å². The molecule has 0 fully saturated rings. The van der Waals surface area contributed by atoms with Crippen LogP contribution in [0.15, 0.2) is 36.4 Å². The van der Waals surface area contributed by atoms with Crippen LogP contribution < -0.4 is 0 Å². The number of halogens is 5. The summed E-state index contributed by atoms with van der Waals surface area (Å²) in [6.07, 6.45) is -2.79. The van der Waals surface area contributed by atoms with E-state index in [4.69, 9.17) is 11.6 Å². The predicted octanol–water partition coefficient (Wildman–Crippen LogP) is 5.22. The second-order valence-electron chi connectivity index (χ2n) is 3.63. The molecule has 0 aliphatic heterocycles. The van der Waals surface area contributed by atoms with Gasteiger partial charge in [0, 0.05) is 16.1 Å². The van der Waals surface area contributed by atoms with E-state index in [1.54, 1.807) is 0 Å². The van der Waals surface area contributed by atoms with E-state index in [0.717, 1.165) is 12.1 Å². The SMILES string of the molecule is Fc1cccc(-c2cc(Cl)ccc2C(F)F)c1F. The Hall–Kier alpha value is -1.55. The van der Waals surface area contributed by atoms with Crippen molar-refractivity contribution in [3.8, 4) is 11.1 Å². The first-order chi connectivity index (χ1) is 8.50. The van der Waals surface area contributed by atoms with Crippen LogP contribution in [-0.4, -0.2) is 0 Å². The highest BCUT2D eigenvalue weighted by molar-refractivity contribution is 6.30. The van der Waals surface area contributed by atoms with Crippen LogP contribution >= 0.6 is 11.6 Å². The summed E-state index contributed by atoms with van der Waals surface area (Å²) in [6.45, 7) is 0. The Labute approximate surface area is 106 Å². The lowest BCUT2D eigenvalue weighted by Crippen LogP contribution is -1.95. The van der Waals surface area contributed by atoms with Gasteiger partial charge in [-0.3, -0.25) is 0 Å². The maximum atomic E-state index is 13.6. The molecule has 2 aromatic rings. The number of alkyl halides is 2. The van der Waals surface area contributed by atoms with Gasteiger partial charge in [-0.2, -0.15) is 0 Å². The molecule has 0 amide bonds. The maximum Gasteiger partial charge on any atom is 0.264 e. The third-order valence-corrected chi connectivity index (χ3v) is 2.73. The minimum atomic E-state index is -2.79. The van der Waals surface area contributed by atoms with Gasteiger partial charge in [-0.1, -0.05) is 29.8 Å². The zero-order valence-corrected chi connectivity index (χ0v) is 9.69. The quantitative estimate of drug-likeness (QED) is 0.658. The molecule has 0 radical (unpaired) electrons. The Morgan fingerprint density at radius 2 is 1.67 bits per heavy atom. The summed E-state index contributed by atoms with van der Waals surface area (Å²) in [5, 5.41) is 0.179. The van der Waals surface area contributed by atoms with Crippen molar-refractivity contribution >= 4 is 11.6 Å². The van der Waals surface area contributed by atoms with Crippen LogP contribution in [0.1, 0.15) is 12.0 Å². The summed E-state index contributed by atoms with van der Waals surface area (Å²) in [4.78, 5) is 0. The number of benzene rings is 2. The number of hydrogen-bond acceptors (Lipinski definition) is 0. The topological polar surface area (TPSA) is 0 Å². The highest BCUT2D eigenvalue weighted by Gasteiger charge is 2.18. The van der Waals surface area contributed by atoms with Crippen LogP contribution in [0.2, 0.25) is 5.02 Å². The number of rotatable bonds is 2. The lowest BCUT2D eigenvalue weighted by molar-refractivity contribution is 0.152. The van der Waals surface area contributed by atoms with E-state index >= 15 is 0 Å². The fraction of sp³-hybridized carbons (Fsp3) is 0.0769. The molecular formula is C13H7ClF4. The predicted molar refractivity (Wildman–Crippen MR) is 61.8 cm³/mol. The van der Waals surface area contributed by atoms with Gasteiger partial charge in [-0.05, 0) is 23.8 Å². The average Bonchev–Trinajstić information content (AvgIpc) is 2.32. The summed E-state index contributed by atoms with van der Waals surface area (Å²) in [6, 6.07) is 6.99. The summed E-state index contributed by atoms with van der Waals surface area (Å²) in [7, 11) is 0. The first kappa shape index (κ1) is 12.9. The minimum Gasteiger partial charge on any atom is -0.205 e. The molecule has 0 atom stereocenters. The van der Waals surface area contributed by atoms with E-state index in [9.17, 15) is 17.6 Å². The Bertz CT molecular complexity index is 581. The molecule has 18 heavy (non-hydrogen) atoms. The standard InChI is InChI=1S/C13H7ClF4/c14-7-4-5-9(13(17)18)10(6-7)8-2-1-3-11(15)12(8)16/h1-6,13H. The van der Waals surface area contributed by atoms with Crippen molar-refractivity contribution in [2.45, 2.75) is 6.43 Å². The molecule has 0 heterocycles. The van der Waals surface area contributed by atoms with Crippen molar-refractivity contribution in [3.63, 3.8) is 0 Å². The molecule has 0 unspecified atom stereocenters. The van der Waals surface area contributed by atoms with Crippen LogP contribution in [0.5, 0.6) is 0 Å². The van der Waals surface area contributed by atoms with Crippen molar-refractivity contribution in [1.82, 2.24) is 0 Å². The molecule has 0 spiro atoms. The summed E-state index contributed by atoms with van der Waals surface area (Å²) in [5.41, 5.74) is -0.716. The van der Waals surface area contributed by atoms with Crippen molar-refractivity contribution in [1.29, 1.82) is 0 Å². The Morgan fingerprint density at radius 1 is 0.944 bits per heavy atom. The summed E-state index contributed by atoms with van der Waals surface area (Å²) >= 11 is 5.70. The van der Waals surface area contributed by atoms with E-state index in [-0.39, 0.29) is 21.7 Å². The Morgan fingerprint density at radius 3 is 2.33 bits per heavy atom. The summed E-state index contributed by atoms with van der Waals surface area (Å²) in [5.74, 6) is -2.26. The fourth-order valence-electron chi connectivity index (χ4n) is 1.66. The number of hydrogen-bond donors (Lipinski definition) is 0. The van der Waals surface area contributed by atoms with Gasteiger partial charge in [0.15, 0.2) is 11.6 Å². The molecule has 0 aliphatic rings. The van der Waals surface area contributed by atoms with Gasteiger partial charge < -0.3 is 0 Å². The van der Waals surface area contributed by atoms with Gasteiger partial charge in [0.05, 0.1) is 0 Å². The van der Waals surface area contributed by atoms with Crippen molar-refractivity contribution in [2.75, 3.05) is 0 Å². The highest BCUT2D eigenvalue weighted by atomic mass is 35.5. The molecular weight excluding hydrogens is 268 g/mol. The molecule has 0 aliphatic carbocycles. The van der Waals surface area contributed by atoms with Gasteiger partial charge in [0.2, 0.25) is 0 Å². The minimum absolute atomic E-state index is 0.102. The smallest absolute Gasteiger partial charge is 0.205 e. The van der Waals surface area contributed by atoms with E-state index in [1.165, 1.54) is 24.3 Å². The third-order valence-electron chi connectivity index (χ3n) is 2.49. The van der Waals surface area contributed by atoms with Crippen molar-refractivity contribution < 1.29 is 17.6 Å². The molecule has 2 aromatic carbocycles. The normalized spacial score (nSPS) is 11.0. The third kappa shape index (κ3) is 2.34. The zero-order valence-electron chi connectivity index (χ0n) is 8.93. The van der Waals surface area contributed by atoms with Crippen LogP contribution in [-0.2, 0) is 0 Å².